The van der Waals surface area contributed by atoms with Gasteiger partial charge in [0.2, 0.25) is 0 Å². The van der Waals surface area contributed by atoms with E-state index in [1.807, 2.05) is 0 Å². The second-order valence-electron chi connectivity index (χ2n) is 4.11. The zero-order chi connectivity index (χ0) is 13.1. The fourth-order valence-electron chi connectivity index (χ4n) is 1.94. The molecule has 2 heterocycles. The average Bonchev–Trinajstić information content (AvgIpc) is 2.86. The van der Waals surface area contributed by atoms with Crippen molar-refractivity contribution in [3.63, 3.8) is 0 Å². The van der Waals surface area contributed by atoms with Crippen LogP contribution in [0.2, 0.25) is 0 Å². The molecule has 1 saturated heterocycles. The number of carbonyl (C=O) groups excluding carboxylic acids is 1. The Morgan fingerprint density at radius 1 is 1.44 bits per heavy atom. The molecule has 1 aliphatic rings. The third kappa shape index (κ3) is 2.48. The van der Waals surface area contributed by atoms with Gasteiger partial charge in [0, 0.05) is 20.2 Å². The van der Waals surface area contributed by atoms with Gasteiger partial charge in [-0.1, -0.05) is 6.07 Å². The second-order valence-corrected chi connectivity index (χ2v) is 4.11. The van der Waals surface area contributed by atoms with Crippen LogP contribution in [0.3, 0.4) is 0 Å². The van der Waals surface area contributed by atoms with Crippen LogP contribution >= 0.6 is 0 Å². The zero-order valence-electron chi connectivity index (χ0n) is 10.00. The lowest BCUT2D eigenvalue weighted by Crippen LogP contribution is -2.30. The van der Waals surface area contributed by atoms with Gasteiger partial charge in [-0.25, -0.2) is 9.78 Å². The van der Waals surface area contributed by atoms with Crippen LogP contribution in [0.25, 0.3) is 0 Å². The van der Waals surface area contributed by atoms with Crippen molar-refractivity contribution in [2.24, 2.45) is 0 Å². The first kappa shape index (κ1) is 12.5. The van der Waals surface area contributed by atoms with E-state index < -0.39 is 5.97 Å². The van der Waals surface area contributed by atoms with Crippen molar-refractivity contribution in [1.82, 2.24) is 9.88 Å². The SMILES string of the molecule is COC1CCN(C(=O)c2cccc(C(=O)O)n2)C1. The van der Waals surface area contributed by atoms with Gasteiger partial charge >= 0.3 is 5.97 Å². The summed E-state index contributed by atoms with van der Waals surface area (Å²) in [6, 6.07) is 4.41. The third-order valence-corrected chi connectivity index (χ3v) is 2.95. The number of rotatable bonds is 3. The van der Waals surface area contributed by atoms with Crippen molar-refractivity contribution < 1.29 is 19.4 Å². The van der Waals surface area contributed by atoms with Crippen molar-refractivity contribution in [3.05, 3.63) is 29.6 Å². The van der Waals surface area contributed by atoms with Gasteiger partial charge in [0.25, 0.3) is 5.91 Å². The molecule has 6 nitrogen and oxygen atoms in total. The number of aromatic carboxylic acids is 1. The predicted octanol–water partition coefficient (Wildman–Crippen LogP) is 0.641. The molecule has 0 saturated carbocycles. The predicted molar refractivity (Wildman–Crippen MR) is 62.5 cm³/mol. The largest absolute Gasteiger partial charge is 0.477 e. The monoisotopic (exact) mass is 250 g/mol. The summed E-state index contributed by atoms with van der Waals surface area (Å²) < 4.78 is 5.18. The van der Waals surface area contributed by atoms with Gasteiger partial charge in [-0.05, 0) is 18.6 Å². The zero-order valence-corrected chi connectivity index (χ0v) is 10.00. The minimum Gasteiger partial charge on any atom is -0.477 e. The van der Waals surface area contributed by atoms with Crippen molar-refractivity contribution in [1.29, 1.82) is 0 Å². The quantitative estimate of drug-likeness (QED) is 0.851. The number of hydrogen-bond acceptors (Lipinski definition) is 4. The molecular weight excluding hydrogens is 236 g/mol. The highest BCUT2D eigenvalue weighted by atomic mass is 16.5. The number of hydrogen-bond donors (Lipinski definition) is 1. The topological polar surface area (TPSA) is 79.7 Å². The lowest BCUT2D eigenvalue weighted by Gasteiger charge is -2.15. The molecule has 1 aromatic rings. The van der Waals surface area contributed by atoms with Crippen LogP contribution < -0.4 is 0 Å². The molecule has 1 aliphatic heterocycles. The molecule has 6 heteroatoms. The Bertz CT molecular complexity index is 475. The smallest absolute Gasteiger partial charge is 0.354 e. The molecule has 0 radical (unpaired) electrons. The third-order valence-electron chi connectivity index (χ3n) is 2.95. The summed E-state index contributed by atoms with van der Waals surface area (Å²) in [5.41, 5.74) is 0.0370. The van der Waals surface area contributed by atoms with Crippen LogP contribution in [-0.4, -0.2) is 53.2 Å². The molecule has 1 atom stereocenters. The Morgan fingerprint density at radius 2 is 2.17 bits per heavy atom. The van der Waals surface area contributed by atoms with Crippen LogP contribution in [0.1, 0.15) is 27.4 Å². The summed E-state index contributed by atoms with van der Waals surface area (Å²) in [6.07, 6.45) is 0.845. The molecule has 1 amide bonds. The van der Waals surface area contributed by atoms with Crippen LogP contribution in [0.15, 0.2) is 18.2 Å². The summed E-state index contributed by atoms with van der Waals surface area (Å²) in [5, 5.41) is 8.83. The van der Waals surface area contributed by atoms with E-state index in [9.17, 15) is 9.59 Å². The van der Waals surface area contributed by atoms with Gasteiger partial charge in [0.15, 0.2) is 0 Å². The van der Waals surface area contributed by atoms with Crippen molar-refractivity contribution in [2.45, 2.75) is 12.5 Å². The number of ether oxygens (including phenoxy) is 1. The number of methoxy groups -OCH3 is 1. The molecule has 1 aromatic heterocycles. The first-order chi connectivity index (χ1) is 8.61. The maximum absolute atomic E-state index is 12.1. The van der Waals surface area contributed by atoms with E-state index in [1.54, 1.807) is 12.0 Å². The highest BCUT2D eigenvalue weighted by Crippen LogP contribution is 2.14. The number of aromatic nitrogens is 1. The summed E-state index contributed by atoms with van der Waals surface area (Å²) in [5.74, 6) is -1.39. The minimum absolute atomic E-state index is 0.0524. The highest BCUT2D eigenvalue weighted by Gasteiger charge is 2.27. The van der Waals surface area contributed by atoms with E-state index in [-0.39, 0.29) is 23.4 Å². The standard InChI is InChI=1S/C12H14N2O4/c1-18-8-5-6-14(7-8)11(15)9-3-2-4-10(13-9)12(16)17/h2-4,8H,5-7H2,1H3,(H,16,17). The first-order valence-corrected chi connectivity index (χ1v) is 5.64. The number of nitrogens with zero attached hydrogens (tertiary/aromatic N) is 2. The Kier molecular flexibility index (Phi) is 3.57. The number of pyridine rings is 1. The molecule has 1 N–H and O–H groups in total. The maximum Gasteiger partial charge on any atom is 0.354 e. The normalized spacial score (nSPS) is 18.9. The molecule has 96 valence electrons. The van der Waals surface area contributed by atoms with E-state index in [0.717, 1.165) is 6.42 Å². The van der Waals surface area contributed by atoms with E-state index in [1.165, 1.54) is 18.2 Å². The number of carboxylic acid groups (broad SMARTS) is 1. The molecule has 1 fully saturated rings. The Hall–Kier alpha value is -1.95. The van der Waals surface area contributed by atoms with Crippen LogP contribution in [0.5, 0.6) is 0 Å². The second kappa shape index (κ2) is 5.14. The number of amides is 1. The first-order valence-electron chi connectivity index (χ1n) is 5.64. The van der Waals surface area contributed by atoms with Crippen molar-refractivity contribution in [2.75, 3.05) is 20.2 Å². The lowest BCUT2D eigenvalue weighted by atomic mass is 10.3. The molecular formula is C12H14N2O4. The van der Waals surface area contributed by atoms with E-state index in [2.05, 4.69) is 4.98 Å². The van der Waals surface area contributed by atoms with E-state index >= 15 is 0 Å². The fourth-order valence-corrected chi connectivity index (χ4v) is 1.94. The van der Waals surface area contributed by atoms with Crippen LogP contribution in [0.4, 0.5) is 0 Å². The molecule has 0 aromatic carbocycles. The summed E-state index contributed by atoms with van der Waals surface area (Å²) in [4.78, 5) is 28.3. The van der Waals surface area contributed by atoms with Crippen molar-refractivity contribution >= 4 is 11.9 Å². The number of carbonyl (C=O) groups is 2. The van der Waals surface area contributed by atoms with Crippen LogP contribution in [-0.2, 0) is 4.74 Å². The Labute approximate surface area is 104 Å². The highest BCUT2D eigenvalue weighted by molar-refractivity contribution is 5.94. The van der Waals surface area contributed by atoms with Crippen LogP contribution in [0, 0.1) is 0 Å². The maximum atomic E-state index is 12.1. The van der Waals surface area contributed by atoms with Gasteiger partial charge in [0.1, 0.15) is 11.4 Å². The molecule has 1 unspecified atom stereocenters. The molecule has 0 bridgehead atoms. The fraction of sp³-hybridized carbons (Fsp3) is 0.417. The molecule has 18 heavy (non-hydrogen) atoms. The van der Waals surface area contributed by atoms with Gasteiger partial charge in [-0.3, -0.25) is 4.79 Å². The average molecular weight is 250 g/mol. The van der Waals surface area contributed by atoms with E-state index in [0.29, 0.717) is 13.1 Å². The summed E-state index contributed by atoms with van der Waals surface area (Å²) in [6.45, 7) is 1.13. The van der Waals surface area contributed by atoms with Gasteiger partial charge in [-0.2, -0.15) is 0 Å². The van der Waals surface area contributed by atoms with Gasteiger partial charge < -0.3 is 14.7 Å². The van der Waals surface area contributed by atoms with E-state index in [4.69, 9.17) is 9.84 Å². The lowest BCUT2D eigenvalue weighted by molar-refractivity contribution is 0.0688. The molecule has 0 spiro atoms. The molecule has 2 rings (SSSR count). The Balaban J connectivity index is 2.14. The number of likely N-dealkylation sites (tertiary alicyclic amines) is 1. The summed E-state index contributed by atoms with van der Waals surface area (Å²) in [7, 11) is 1.61. The number of carboxylic acids is 1. The minimum atomic E-state index is -1.14. The molecule has 0 aliphatic carbocycles. The van der Waals surface area contributed by atoms with Gasteiger partial charge in [-0.15, -0.1) is 0 Å². The van der Waals surface area contributed by atoms with Crippen molar-refractivity contribution in [3.8, 4) is 0 Å². The Morgan fingerprint density at radius 3 is 2.78 bits per heavy atom. The van der Waals surface area contributed by atoms with Gasteiger partial charge in [0.05, 0.1) is 6.10 Å². The summed E-state index contributed by atoms with van der Waals surface area (Å²) >= 11 is 0.